The van der Waals surface area contributed by atoms with Crippen LogP contribution in [0.15, 0.2) is 59.6 Å². The molecule has 1 atom stereocenters. The number of hydrogen-bond donors (Lipinski definition) is 2. The summed E-state index contributed by atoms with van der Waals surface area (Å²) in [7, 11) is 0. The summed E-state index contributed by atoms with van der Waals surface area (Å²) >= 11 is 1.74. The topological polar surface area (TPSA) is 80.0 Å². The van der Waals surface area contributed by atoms with E-state index in [9.17, 15) is 4.39 Å². The summed E-state index contributed by atoms with van der Waals surface area (Å²) in [5.74, 6) is 1.33. The van der Waals surface area contributed by atoms with E-state index in [0.717, 1.165) is 46.4 Å². The van der Waals surface area contributed by atoms with Gasteiger partial charge in [0.05, 0.1) is 0 Å². The van der Waals surface area contributed by atoms with Crippen LogP contribution in [0.25, 0.3) is 5.70 Å². The average molecular weight is 407 g/mol. The van der Waals surface area contributed by atoms with Crippen molar-refractivity contribution < 1.29 is 4.39 Å². The van der Waals surface area contributed by atoms with Crippen LogP contribution >= 0.6 is 11.8 Å². The predicted octanol–water partition coefficient (Wildman–Crippen LogP) is 3.77. The number of aromatic nitrogens is 4. The summed E-state index contributed by atoms with van der Waals surface area (Å²) < 4.78 is 15.4. The largest absolute Gasteiger partial charge is 0.335 e. The van der Waals surface area contributed by atoms with Gasteiger partial charge in [0.25, 0.3) is 0 Å². The van der Waals surface area contributed by atoms with Gasteiger partial charge < -0.3 is 10.6 Å². The van der Waals surface area contributed by atoms with E-state index in [-0.39, 0.29) is 11.9 Å². The van der Waals surface area contributed by atoms with Gasteiger partial charge in [-0.2, -0.15) is 4.68 Å². The molecule has 7 nitrogen and oxygen atoms in total. The van der Waals surface area contributed by atoms with Gasteiger partial charge in [0.2, 0.25) is 5.95 Å². The number of aliphatic imine (C=N–C) groups is 1. The summed E-state index contributed by atoms with van der Waals surface area (Å²) in [5, 5.41) is 19.4. The van der Waals surface area contributed by atoms with Crippen molar-refractivity contribution in [3.8, 4) is 0 Å². The highest BCUT2D eigenvalue weighted by Gasteiger charge is 2.24. The lowest BCUT2D eigenvalue weighted by atomic mass is 10.0. The molecule has 0 saturated heterocycles. The smallest absolute Gasteiger partial charge is 0.248 e. The highest BCUT2D eigenvalue weighted by Crippen LogP contribution is 2.32. The Labute approximate surface area is 171 Å². The molecular formula is C20H18FN7S. The summed E-state index contributed by atoms with van der Waals surface area (Å²) in [6, 6.07) is 14.3. The molecule has 0 amide bonds. The summed E-state index contributed by atoms with van der Waals surface area (Å²) in [4.78, 5) is 4.50. The molecule has 0 radical (unpaired) electrons. The number of tetrazole rings is 1. The van der Waals surface area contributed by atoms with Crippen molar-refractivity contribution in [3.63, 3.8) is 0 Å². The molecule has 1 aromatic heterocycles. The molecule has 2 N–H and O–H groups in total. The number of allylic oxidation sites excluding steroid dienone is 1. The number of hydrogen-bond acceptors (Lipinski definition) is 7. The van der Waals surface area contributed by atoms with Gasteiger partial charge in [-0.3, -0.25) is 4.99 Å². The molecule has 5 rings (SSSR count). The van der Waals surface area contributed by atoms with Crippen molar-refractivity contribution in [2.45, 2.75) is 12.5 Å². The van der Waals surface area contributed by atoms with Crippen LogP contribution in [0.4, 0.5) is 16.0 Å². The highest BCUT2D eigenvalue weighted by atomic mass is 32.2. The lowest BCUT2D eigenvalue weighted by molar-refractivity contribution is 0.576. The van der Waals surface area contributed by atoms with Crippen molar-refractivity contribution in [3.05, 3.63) is 71.6 Å². The molecule has 146 valence electrons. The second kappa shape index (κ2) is 7.67. The molecule has 0 fully saturated rings. The first-order valence-corrected chi connectivity index (χ1v) is 10.3. The number of nitrogens with zero attached hydrogens (tertiary/aromatic N) is 5. The van der Waals surface area contributed by atoms with Crippen LogP contribution in [0.1, 0.15) is 23.6 Å². The third-order valence-corrected chi connectivity index (χ3v) is 5.76. The van der Waals surface area contributed by atoms with Gasteiger partial charge in [-0.15, -0.1) is 0 Å². The van der Waals surface area contributed by atoms with E-state index < -0.39 is 0 Å². The van der Waals surface area contributed by atoms with E-state index in [1.165, 1.54) is 12.1 Å². The van der Waals surface area contributed by atoms with E-state index in [0.29, 0.717) is 5.95 Å². The van der Waals surface area contributed by atoms with Crippen molar-refractivity contribution in [2.75, 3.05) is 22.9 Å². The first kappa shape index (κ1) is 17.9. The first-order valence-electron chi connectivity index (χ1n) is 9.33. The normalized spacial score (nSPS) is 18.3. The van der Waals surface area contributed by atoms with Crippen molar-refractivity contribution >= 4 is 34.3 Å². The molecular weight excluding hydrogens is 389 g/mol. The third kappa shape index (κ3) is 3.73. The number of halogens is 1. The fourth-order valence-corrected chi connectivity index (χ4v) is 4.18. The van der Waals surface area contributed by atoms with E-state index in [1.807, 2.05) is 36.4 Å². The first-order chi connectivity index (χ1) is 14.3. The average Bonchev–Trinajstić information content (AvgIpc) is 3.23. The number of nitrogens with one attached hydrogen (secondary N) is 2. The summed E-state index contributed by atoms with van der Waals surface area (Å²) in [6.07, 6.45) is 3.13. The van der Waals surface area contributed by atoms with Crippen molar-refractivity contribution in [1.29, 1.82) is 0 Å². The molecule has 0 spiro atoms. The molecule has 0 unspecified atom stereocenters. The predicted molar refractivity (Wildman–Crippen MR) is 113 cm³/mol. The highest BCUT2D eigenvalue weighted by molar-refractivity contribution is 8.14. The Balaban J connectivity index is 1.43. The minimum Gasteiger partial charge on any atom is -0.335 e. The number of benzene rings is 2. The Kier molecular flexibility index (Phi) is 4.73. The van der Waals surface area contributed by atoms with Gasteiger partial charge in [-0.05, 0) is 58.3 Å². The fraction of sp³-hybridized carbons (Fsp3) is 0.200. The van der Waals surface area contributed by atoms with Gasteiger partial charge in [0.15, 0.2) is 5.17 Å². The van der Waals surface area contributed by atoms with Crippen LogP contribution in [0.3, 0.4) is 0 Å². The Morgan fingerprint density at radius 3 is 2.86 bits per heavy atom. The Hall–Kier alpha value is -3.20. The number of thioether (sulfide) groups is 1. The molecule has 2 aliphatic rings. The second-order valence-electron chi connectivity index (χ2n) is 6.74. The van der Waals surface area contributed by atoms with E-state index in [1.54, 1.807) is 22.5 Å². The summed E-state index contributed by atoms with van der Waals surface area (Å²) in [5.41, 5.74) is 3.63. The number of rotatable bonds is 3. The van der Waals surface area contributed by atoms with Crippen molar-refractivity contribution in [1.82, 2.24) is 20.2 Å². The van der Waals surface area contributed by atoms with Gasteiger partial charge in [-0.1, -0.05) is 41.1 Å². The lowest BCUT2D eigenvalue weighted by Gasteiger charge is -2.23. The van der Waals surface area contributed by atoms with Gasteiger partial charge >= 0.3 is 0 Å². The quantitative estimate of drug-likeness (QED) is 0.688. The van der Waals surface area contributed by atoms with Crippen LogP contribution in [0, 0.1) is 5.82 Å². The number of anilines is 2. The molecule has 9 heteroatoms. The van der Waals surface area contributed by atoms with Crippen molar-refractivity contribution in [2.24, 2.45) is 4.99 Å². The van der Waals surface area contributed by atoms with Crippen LogP contribution in [-0.4, -0.2) is 37.7 Å². The molecule has 3 aromatic rings. The van der Waals surface area contributed by atoms with Gasteiger partial charge in [0, 0.05) is 23.7 Å². The van der Waals surface area contributed by atoms with Crippen LogP contribution in [0.5, 0.6) is 0 Å². The summed E-state index contributed by atoms with van der Waals surface area (Å²) in [6.45, 7) is 0.875. The molecule has 29 heavy (non-hydrogen) atoms. The lowest BCUT2D eigenvalue weighted by Crippen LogP contribution is -2.20. The molecule has 2 aliphatic heterocycles. The zero-order valence-corrected chi connectivity index (χ0v) is 16.2. The van der Waals surface area contributed by atoms with E-state index in [2.05, 4.69) is 31.2 Å². The monoisotopic (exact) mass is 407 g/mol. The maximum absolute atomic E-state index is 13.8. The second-order valence-corrected chi connectivity index (χ2v) is 7.83. The van der Waals surface area contributed by atoms with Crippen LogP contribution < -0.4 is 10.6 Å². The van der Waals surface area contributed by atoms with Gasteiger partial charge in [-0.25, -0.2) is 4.39 Å². The molecule has 2 aromatic carbocycles. The zero-order valence-electron chi connectivity index (χ0n) is 15.4. The Morgan fingerprint density at radius 1 is 1.17 bits per heavy atom. The minimum absolute atomic E-state index is 0.287. The van der Waals surface area contributed by atoms with Crippen LogP contribution in [-0.2, 0) is 0 Å². The Bertz CT molecular complexity index is 1090. The fourth-order valence-electron chi connectivity index (χ4n) is 3.34. The number of amidine groups is 1. The third-order valence-electron chi connectivity index (χ3n) is 4.76. The SMILES string of the molecule is Fc1cccc([C@@H]2C=C(c3ccc(NC4=NCCCS4)cc3)Nc3nnnn32)c1. The maximum Gasteiger partial charge on any atom is 0.248 e. The molecule has 0 aliphatic carbocycles. The molecule has 0 saturated carbocycles. The Morgan fingerprint density at radius 2 is 2.07 bits per heavy atom. The van der Waals surface area contributed by atoms with E-state index in [4.69, 9.17) is 0 Å². The zero-order chi connectivity index (χ0) is 19.6. The van der Waals surface area contributed by atoms with Crippen LogP contribution in [0.2, 0.25) is 0 Å². The standard InChI is InChI=1S/C20H18FN7S/c21-15-4-1-3-14(11-15)18-12-17(24-19-25-26-27-28(18)19)13-5-7-16(8-6-13)23-20-22-9-2-10-29-20/h1,3-8,11-12,18H,2,9-10H2,(H,22,23)(H,24,25,27)/t18-/m0/s1. The van der Waals surface area contributed by atoms with E-state index >= 15 is 0 Å². The number of fused-ring (bicyclic) bond motifs is 1. The minimum atomic E-state index is -0.294. The molecule has 0 bridgehead atoms. The molecule has 3 heterocycles. The maximum atomic E-state index is 13.8. The van der Waals surface area contributed by atoms with Gasteiger partial charge in [0.1, 0.15) is 11.9 Å².